The monoisotopic (exact) mass is 414 g/mol. The summed E-state index contributed by atoms with van der Waals surface area (Å²) >= 11 is 0. The number of aromatic nitrogens is 1. The van der Waals surface area contributed by atoms with Crippen LogP contribution < -0.4 is 10.1 Å². The summed E-state index contributed by atoms with van der Waals surface area (Å²) in [6, 6.07) is 14.4. The van der Waals surface area contributed by atoms with Gasteiger partial charge in [-0.3, -0.25) is 9.78 Å². The molecule has 0 unspecified atom stereocenters. The number of nitrogens with zero attached hydrogens (tertiary/aromatic N) is 1. The van der Waals surface area contributed by atoms with Crippen LogP contribution in [0.5, 0.6) is 5.75 Å². The first-order chi connectivity index (χ1) is 13.9. The molecule has 1 aromatic heterocycles. The van der Waals surface area contributed by atoms with E-state index in [1.54, 1.807) is 24.3 Å². The maximum atomic E-state index is 13.4. The van der Waals surface area contributed by atoms with Crippen molar-refractivity contribution in [1.82, 2.24) is 10.3 Å². The molecule has 0 aliphatic carbocycles. The van der Waals surface area contributed by atoms with Gasteiger partial charge < -0.3 is 10.1 Å². The number of nitrogens with one attached hydrogen (secondary N) is 1. The maximum Gasteiger partial charge on any atom is 0.251 e. The first-order valence-electron chi connectivity index (χ1n) is 8.73. The number of methoxy groups -OCH3 is 1. The third-order valence-electron chi connectivity index (χ3n) is 4.35. The van der Waals surface area contributed by atoms with E-state index in [1.807, 2.05) is 0 Å². The number of carbonyl (C=O) groups excluding carboxylic acids is 1. The fourth-order valence-electron chi connectivity index (χ4n) is 2.82. The maximum absolute atomic E-state index is 13.4. The number of sulfone groups is 1. The summed E-state index contributed by atoms with van der Waals surface area (Å²) in [5.74, 6) is -0.586. The largest absolute Gasteiger partial charge is 0.497 e. The Morgan fingerprint density at radius 1 is 1.14 bits per heavy atom. The second kappa shape index (κ2) is 8.83. The molecule has 0 radical (unpaired) electrons. The van der Waals surface area contributed by atoms with Crippen LogP contribution in [-0.2, 0) is 9.84 Å². The van der Waals surface area contributed by atoms with E-state index in [0.29, 0.717) is 11.3 Å². The lowest BCUT2D eigenvalue weighted by molar-refractivity contribution is 0.0953. The van der Waals surface area contributed by atoms with Crippen LogP contribution in [0.1, 0.15) is 21.2 Å². The average Bonchev–Trinajstić information content (AvgIpc) is 2.74. The second-order valence-corrected chi connectivity index (χ2v) is 8.35. The van der Waals surface area contributed by atoms with Gasteiger partial charge in [-0.2, -0.15) is 0 Å². The smallest absolute Gasteiger partial charge is 0.251 e. The van der Waals surface area contributed by atoms with E-state index in [2.05, 4.69) is 10.3 Å². The molecule has 3 rings (SSSR count). The molecule has 8 heteroatoms. The Morgan fingerprint density at radius 3 is 2.52 bits per heavy atom. The molecule has 2 aromatic carbocycles. The van der Waals surface area contributed by atoms with Gasteiger partial charge in [0.1, 0.15) is 16.8 Å². The number of hydrogen-bond acceptors (Lipinski definition) is 5. The third-order valence-corrected chi connectivity index (χ3v) is 6.47. The lowest BCUT2D eigenvalue weighted by Gasteiger charge is -2.19. The fourth-order valence-corrected chi connectivity index (χ4v) is 4.46. The van der Waals surface area contributed by atoms with Crippen molar-refractivity contribution in [3.63, 3.8) is 0 Å². The molecule has 0 bridgehead atoms. The van der Waals surface area contributed by atoms with Crippen molar-refractivity contribution in [1.29, 1.82) is 0 Å². The van der Waals surface area contributed by atoms with Crippen molar-refractivity contribution in [3.8, 4) is 5.75 Å². The minimum Gasteiger partial charge on any atom is -0.497 e. The summed E-state index contributed by atoms with van der Waals surface area (Å²) in [4.78, 5) is 16.5. The summed E-state index contributed by atoms with van der Waals surface area (Å²) in [7, 11) is -2.36. The van der Waals surface area contributed by atoms with E-state index in [-0.39, 0.29) is 17.0 Å². The zero-order valence-electron chi connectivity index (χ0n) is 15.6. The van der Waals surface area contributed by atoms with Gasteiger partial charge >= 0.3 is 0 Å². The van der Waals surface area contributed by atoms with Gasteiger partial charge in [-0.05, 0) is 54.1 Å². The number of amides is 1. The molecule has 1 atom stereocenters. The van der Waals surface area contributed by atoms with Crippen LogP contribution in [-0.4, -0.2) is 33.0 Å². The van der Waals surface area contributed by atoms with Crippen LogP contribution in [0.3, 0.4) is 0 Å². The summed E-state index contributed by atoms with van der Waals surface area (Å²) in [6.07, 6.45) is 2.98. The van der Waals surface area contributed by atoms with Gasteiger partial charge in [-0.15, -0.1) is 0 Å². The van der Waals surface area contributed by atoms with Crippen molar-refractivity contribution in [2.75, 3.05) is 13.7 Å². The van der Waals surface area contributed by atoms with Gasteiger partial charge in [0.25, 0.3) is 5.91 Å². The van der Waals surface area contributed by atoms with Gasteiger partial charge in [-0.25, -0.2) is 12.8 Å². The lowest BCUT2D eigenvalue weighted by Crippen LogP contribution is -2.32. The number of carbonyl (C=O) groups is 1. The van der Waals surface area contributed by atoms with E-state index < -0.39 is 26.8 Å². The predicted molar refractivity (Wildman–Crippen MR) is 106 cm³/mol. The average molecular weight is 414 g/mol. The Kier molecular flexibility index (Phi) is 6.23. The quantitative estimate of drug-likeness (QED) is 0.642. The molecule has 29 heavy (non-hydrogen) atoms. The predicted octanol–water partition coefficient (Wildman–Crippen LogP) is 3.17. The second-order valence-electron chi connectivity index (χ2n) is 6.22. The minimum absolute atomic E-state index is 0.0900. The Labute approximate surface area is 168 Å². The first-order valence-corrected chi connectivity index (χ1v) is 10.3. The first kappa shape index (κ1) is 20.5. The van der Waals surface area contributed by atoms with Crippen LogP contribution in [0.4, 0.5) is 4.39 Å². The van der Waals surface area contributed by atoms with Crippen LogP contribution >= 0.6 is 0 Å². The zero-order valence-corrected chi connectivity index (χ0v) is 16.4. The SMILES string of the molecule is COc1ccc(S(=O)(=O)[C@H](CNC(=O)c2cccc(F)c2)c2cccnc2)cc1. The molecule has 0 aliphatic rings. The van der Waals surface area contributed by atoms with Crippen molar-refractivity contribution < 1.29 is 22.3 Å². The van der Waals surface area contributed by atoms with Crippen LogP contribution in [0.2, 0.25) is 0 Å². The van der Waals surface area contributed by atoms with Crippen molar-refractivity contribution in [2.45, 2.75) is 10.1 Å². The van der Waals surface area contributed by atoms with E-state index in [0.717, 1.165) is 6.07 Å². The molecule has 3 aromatic rings. The molecule has 6 nitrogen and oxygen atoms in total. The number of rotatable bonds is 7. The molecular weight excluding hydrogens is 395 g/mol. The van der Waals surface area contributed by atoms with Crippen LogP contribution in [0.25, 0.3) is 0 Å². The van der Waals surface area contributed by atoms with Crippen LogP contribution in [0, 0.1) is 5.82 Å². The highest BCUT2D eigenvalue weighted by atomic mass is 32.2. The summed E-state index contributed by atoms with van der Waals surface area (Å²) in [5.41, 5.74) is 0.541. The Bertz CT molecular complexity index is 1090. The van der Waals surface area contributed by atoms with Gasteiger partial charge in [0.2, 0.25) is 0 Å². The summed E-state index contributed by atoms with van der Waals surface area (Å²) < 4.78 is 45.0. The number of pyridine rings is 1. The molecule has 1 amide bonds. The normalized spacial score (nSPS) is 12.2. The molecule has 1 N–H and O–H groups in total. The topological polar surface area (TPSA) is 85.4 Å². The highest BCUT2D eigenvalue weighted by Crippen LogP contribution is 2.29. The molecule has 0 aliphatic heterocycles. The van der Waals surface area contributed by atoms with E-state index in [1.165, 1.54) is 49.8 Å². The Balaban J connectivity index is 1.89. The van der Waals surface area contributed by atoms with E-state index in [9.17, 15) is 17.6 Å². The third kappa shape index (κ3) is 4.78. The highest BCUT2D eigenvalue weighted by molar-refractivity contribution is 7.91. The molecule has 0 spiro atoms. The highest BCUT2D eigenvalue weighted by Gasteiger charge is 2.30. The van der Waals surface area contributed by atoms with E-state index >= 15 is 0 Å². The molecule has 150 valence electrons. The summed E-state index contributed by atoms with van der Waals surface area (Å²) in [6.45, 7) is -0.199. The van der Waals surface area contributed by atoms with Crippen molar-refractivity contribution >= 4 is 15.7 Å². The number of benzene rings is 2. The molecule has 0 fully saturated rings. The Hall–Kier alpha value is -3.26. The van der Waals surface area contributed by atoms with Crippen molar-refractivity contribution in [3.05, 3.63) is 90.0 Å². The molecule has 1 heterocycles. The minimum atomic E-state index is -3.85. The van der Waals surface area contributed by atoms with E-state index in [4.69, 9.17) is 4.74 Å². The molecule has 0 saturated heterocycles. The standard InChI is InChI=1S/C21H19FN2O4S/c1-28-18-7-9-19(10-8-18)29(26,27)20(16-5-3-11-23-13-16)14-24-21(25)15-4-2-6-17(22)12-15/h2-13,20H,14H2,1H3,(H,24,25)/t20-/m1/s1. The molecule has 0 saturated carbocycles. The Morgan fingerprint density at radius 2 is 1.90 bits per heavy atom. The van der Waals surface area contributed by atoms with Crippen molar-refractivity contribution in [2.24, 2.45) is 0 Å². The van der Waals surface area contributed by atoms with Gasteiger partial charge in [-0.1, -0.05) is 12.1 Å². The number of hydrogen-bond donors (Lipinski definition) is 1. The van der Waals surface area contributed by atoms with Gasteiger partial charge in [0.15, 0.2) is 9.84 Å². The lowest BCUT2D eigenvalue weighted by atomic mass is 10.2. The fraction of sp³-hybridized carbons (Fsp3) is 0.143. The number of halogens is 1. The number of ether oxygens (including phenoxy) is 1. The summed E-state index contributed by atoms with van der Waals surface area (Å²) in [5, 5.41) is 1.52. The van der Waals surface area contributed by atoms with Gasteiger partial charge in [0.05, 0.1) is 12.0 Å². The van der Waals surface area contributed by atoms with Gasteiger partial charge in [0, 0.05) is 24.5 Å². The van der Waals surface area contributed by atoms with Crippen LogP contribution in [0.15, 0.2) is 78.0 Å². The zero-order chi connectivity index (χ0) is 20.9. The molecular formula is C21H19FN2O4S.